The van der Waals surface area contributed by atoms with Crippen molar-refractivity contribution < 1.29 is 8.42 Å². The summed E-state index contributed by atoms with van der Waals surface area (Å²) in [6.07, 6.45) is 2.79. The first-order valence-electron chi connectivity index (χ1n) is 6.27. The zero-order valence-electron chi connectivity index (χ0n) is 11.5. The molecule has 0 aliphatic rings. The van der Waals surface area contributed by atoms with Gasteiger partial charge in [-0.25, -0.2) is 13.1 Å². The Kier molecular flexibility index (Phi) is 3.73. The Labute approximate surface area is 136 Å². The molecule has 0 fully saturated rings. The summed E-state index contributed by atoms with van der Waals surface area (Å²) >= 11 is 1.06. The number of nitrogens with two attached hydrogens (primary N) is 1. The van der Waals surface area contributed by atoms with Crippen molar-refractivity contribution in [2.45, 2.75) is 4.90 Å². The molecule has 0 aliphatic carbocycles. The number of nitrogens with zero attached hydrogens (tertiary/aromatic N) is 4. The fraction of sp³-hybridized carbons (Fsp3) is 0. The average Bonchev–Trinajstić information content (AvgIpc) is 3.17. The van der Waals surface area contributed by atoms with E-state index < -0.39 is 10.0 Å². The number of hydrogen-bond acceptors (Lipinski definition) is 7. The second-order valence-electron chi connectivity index (χ2n) is 4.50. The van der Waals surface area contributed by atoms with Crippen LogP contribution in [0.15, 0.2) is 46.9 Å². The summed E-state index contributed by atoms with van der Waals surface area (Å²) in [5, 5.41) is 14.4. The lowest BCUT2D eigenvalue weighted by molar-refractivity contribution is 0.601. The molecule has 2 heterocycles. The monoisotopic (exact) mass is 346 g/mol. The van der Waals surface area contributed by atoms with Crippen LogP contribution in [0, 0.1) is 11.3 Å². The SMILES string of the molecule is N#Cc1cn(-c2ccc(NS(=O)(=O)c3cnsc3)cc2)nc1N. The lowest BCUT2D eigenvalue weighted by Gasteiger charge is -2.07. The molecule has 3 aromatic rings. The standard InChI is InChI=1S/C13H10N6O2S2/c14-5-9-7-19(17-13(9)15)11-3-1-10(2-4-11)18-23(20,21)12-6-16-22-8-12/h1-4,6-8,18H,(H2,15,17). The van der Waals surface area contributed by atoms with Crippen LogP contribution in [-0.4, -0.2) is 22.6 Å². The number of anilines is 2. The Balaban J connectivity index is 1.84. The van der Waals surface area contributed by atoms with Gasteiger partial charge >= 0.3 is 0 Å². The Morgan fingerprint density at radius 3 is 2.61 bits per heavy atom. The van der Waals surface area contributed by atoms with Gasteiger partial charge in [0.05, 0.1) is 18.1 Å². The van der Waals surface area contributed by atoms with E-state index in [1.54, 1.807) is 24.3 Å². The average molecular weight is 346 g/mol. The minimum absolute atomic E-state index is 0.116. The molecule has 116 valence electrons. The Hall–Kier alpha value is -2.90. The van der Waals surface area contributed by atoms with Gasteiger partial charge in [0.25, 0.3) is 10.0 Å². The van der Waals surface area contributed by atoms with Crippen molar-refractivity contribution in [1.82, 2.24) is 14.2 Å². The molecular formula is C13H10N6O2S2. The third-order valence-corrected chi connectivity index (χ3v) is 5.05. The van der Waals surface area contributed by atoms with Crippen LogP contribution in [0.1, 0.15) is 5.56 Å². The molecule has 0 amide bonds. The van der Waals surface area contributed by atoms with E-state index >= 15 is 0 Å². The van der Waals surface area contributed by atoms with E-state index in [4.69, 9.17) is 11.0 Å². The van der Waals surface area contributed by atoms with Crippen molar-refractivity contribution in [2.24, 2.45) is 0 Å². The van der Waals surface area contributed by atoms with E-state index in [-0.39, 0.29) is 16.3 Å². The fourth-order valence-corrected chi connectivity index (χ4v) is 3.69. The highest BCUT2D eigenvalue weighted by atomic mass is 32.2. The summed E-state index contributed by atoms with van der Waals surface area (Å²) in [5.41, 5.74) is 6.94. The second-order valence-corrected chi connectivity index (χ2v) is 6.84. The maximum atomic E-state index is 12.1. The fourth-order valence-electron chi connectivity index (χ4n) is 1.83. The Morgan fingerprint density at radius 1 is 1.30 bits per heavy atom. The van der Waals surface area contributed by atoms with Crippen LogP contribution < -0.4 is 10.5 Å². The van der Waals surface area contributed by atoms with Gasteiger partial charge in [0.1, 0.15) is 16.5 Å². The van der Waals surface area contributed by atoms with Crippen molar-refractivity contribution in [1.29, 1.82) is 5.26 Å². The normalized spacial score (nSPS) is 11.1. The highest BCUT2D eigenvalue weighted by Crippen LogP contribution is 2.19. The molecule has 3 rings (SSSR count). The highest BCUT2D eigenvalue weighted by molar-refractivity contribution is 7.92. The van der Waals surface area contributed by atoms with Gasteiger partial charge in [0.15, 0.2) is 5.82 Å². The Bertz CT molecular complexity index is 969. The lowest BCUT2D eigenvalue weighted by Crippen LogP contribution is -2.12. The number of hydrogen-bond donors (Lipinski definition) is 2. The van der Waals surface area contributed by atoms with Crippen molar-refractivity contribution in [2.75, 3.05) is 10.5 Å². The molecule has 0 spiro atoms. The molecular weight excluding hydrogens is 336 g/mol. The van der Waals surface area contributed by atoms with Crippen molar-refractivity contribution in [3.63, 3.8) is 0 Å². The first kappa shape index (κ1) is 15.0. The summed E-state index contributed by atoms with van der Waals surface area (Å²) < 4.78 is 31.9. The smallest absolute Gasteiger partial charge is 0.264 e. The topological polar surface area (TPSA) is 127 Å². The second kappa shape index (κ2) is 5.71. The predicted octanol–water partition coefficient (Wildman–Crippen LogP) is 1.58. The van der Waals surface area contributed by atoms with Gasteiger partial charge in [-0.15, -0.1) is 5.10 Å². The summed E-state index contributed by atoms with van der Waals surface area (Å²) in [6, 6.07) is 8.45. The maximum Gasteiger partial charge on any atom is 0.264 e. The number of aromatic nitrogens is 3. The molecule has 2 aromatic heterocycles. The van der Waals surface area contributed by atoms with E-state index in [0.717, 1.165) is 11.5 Å². The van der Waals surface area contributed by atoms with Crippen LogP contribution in [0.2, 0.25) is 0 Å². The molecule has 8 nitrogen and oxygen atoms in total. The third kappa shape index (κ3) is 3.01. The summed E-state index contributed by atoms with van der Waals surface area (Å²) in [5.74, 6) is 0.141. The molecule has 0 aliphatic heterocycles. The predicted molar refractivity (Wildman–Crippen MR) is 85.6 cm³/mol. The Morgan fingerprint density at radius 2 is 2.04 bits per heavy atom. The maximum absolute atomic E-state index is 12.1. The van der Waals surface area contributed by atoms with E-state index in [1.807, 2.05) is 6.07 Å². The molecule has 23 heavy (non-hydrogen) atoms. The molecule has 0 saturated carbocycles. The van der Waals surface area contributed by atoms with Crippen LogP contribution in [0.25, 0.3) is 5.69 Å². The number of benzene rings is 1. The largest absolute Gasteiger partial charge is 0.381 e. The minimum atomic E-state index is -3.64. The summed E-state index contributed by atoms with van der Waals surface area (Å²) in [4.78, 5) is 0.116. The third-order valence-electron chi connectivity index (χ3n) is 2.97. The zero-order chi connectivity index (χ0) is 16.4. The van der Waals surface area contributed by atoms with Crippen LogP contribution in [0.3, 0.4) is 0 Å². The van der Waals surface area contributed by atoms with Gasteiger partial charge in [0, 0.05) is 11.1 Å². The molecule has 3 N–H and O–H groups in total. The minimum Gasteiger partial charge on any atom is -0.381 e. The summed E-state index contributed by atoms with van der Waals surface area (Å²) in [6.45, 7) is 0. The highest BCUT2D eigenvalue weighted by Gasteiger charge is 2.15. The number of rotatable bonds is 4. The quantitative estimate of drug-likeness (QED) is 0.738. The van der Waals surface area contributed by atoms with Crippen LogP contribution in [-0.2, 0) is 10.0 Å². The number of sulfonamides is 1. The van der Waals surface area contributed by atoms with Gasteiger partial charge in [-0.3, -0.25) is 4.72 Å². The van der Waals surface area contributed by atoms with E-state index in [0.29, 0.717) is 11.4 Å². The van der Waals surface area contributed by atoms with Crippen LogP contribution >= 0.6 is 11.5 Å². The molecule has 10 heteroatoms. The number of nitriles is 1. The number of nitrogens with one attached hydrogen (secondary N) is 1. The van der Waals surface area contributed by atoms with Gasteiger partial charge < -0.3 is 5.73 Å². The molecule has 0 saturated heterocycles. The molecule has 0 atom stereocenters. The molecule has 0 radical (unpaired) electrons. The van der Waals surface area contributed by atoms with Crippen molar-refractivity contribution in [3.05, 3.63) is 47.6 Å². The van der Waals surface area contributed by atoms with E-state index in [1.165, 1.54) is 22.5 Å². The van der Waals surface area contributed by atoms with Crippen LogP contribution in [0.4, 0.5) is 11.5 Å². The van der Waals surface area contributed by atoms with E-state index in [9.17, 15) is 8.42 Å². The first-order chi connectivity index (χ1) is 11.0. The molecule has 1 aromatic carbocycles. The van der Waals surface area contributed by atoms with Crippen molar-refractivity contribution >= 4 is 33.1 Å². The number of nitrogen functional groups attached to an aromatic ring is 1. The van der Waals surface area contributed by atoms with Crippen molar-refractivity contribution in [3.8, 4) is 11.8 Å². The van der Waals surface area contributed by atoms with Gasteiger partial charge in [0.2, 0.25) is 0 Å². The molecule has 0 unspecified atom stereocenters. The van der Waals surface area contributed by atoms with Gasteiger partial charge in [-0.2, -0.15) is 9.64 Å². The first-order valence-corrected chi connectivity index (χ1v) is 8.59. The molecule has 0 bridgehead atoms. The van der Waals surface area contributed by atoms with Crippen LogP contribution in [0.5, 0.6) is 0 Å². The zero-order valence-corrected chi connectivity index (χ0v) is 13.2. The van der Waals surface area contributed by atoms with Gasteiger partial charge in [-0.1, -0.05) is 0 Å². The lowest BCUT2D eigenvalue weighted by atomic mass is 10.3. The van der Waals surface area contributed by atoms with E-state index in [2.05, 4.69) is 14.2 Å². The summed E-state index contributed by atoms with van der Waals surface area (Å²) in [7, 11) is -3.64. The van der Waals surface area contributed by atoms with Gasteiger partial charge in [-0.05, 0) is 35.8 Å².